The van der Waals surface area contributed by atoms with Gasteiger partial charge in [0.1, 0.15) is 6.20 Å². The fourth-order valence-corrected chi connectivity index (χ4v) is 1.84. The van der Waals surface area contributed by atoms with Gasteiger partial charge in [-0.3, -0.25) is 10.1 Å². The van der Waals surface area contributed by atoms with Crippen molar-refractivity contribution in [2.75, 3.05) is 11.9 Å². The second-order valence-electron chi connectivity index (χ2n) is 3.72. The summed E-state index contributed by atoms with van der Waals surface area (Å²) >= 11 is 3.33. The number of benzene rings is 1. The highest BCUT2D eigenvalue weighted by molar-refractivity contribution is 9.10. The normalized spacial score (nSPS) is 10.2. The molecule has 1 aromatic heterocycles. The Bertz CT molecular complexity index is 601. The van der Waals surface area contributed by atoms with E-state index in [-0.39, 0.29) is 5.69 Å². The second kappa shape index (κ2) is 5.75. The monoisotopic (exact) mass is 322 g/mol. The minimum absolute atomic E-state index is 0.107. The molecule has 2 rings (SSSR count). The Balaban J connectivity index is 2.54. The van der Waals surface area contributed by atoms with Crippen LogP contribution in [0.1, 0.15) is 6.92 Å². The van der Waals surface area contributed by atoms with Crippen LogP contribution in [-0.4, -0.2) is 21.4 Å². The molecule has 0 spiro atoms. The predicted molar refractivity (Wildman–Crippen MR) is 76.0 cm³/mol. The smallest absolute Gasteiger partial charge is 0.313 e. The standard InChI is InChI=1S/C12H11BrN4O2/c1-2-14-12-15-7-10(17(18)19)11(16-12)8-3-5-9(13)6-4-8/h3-7H,2H2,1H3,(H,14,15,16). The van der Waals surface area contributed by atoms with Crippen molar-refractivity contribution in [3.05, 3.63) is 45.0 Å². The summed E-state index contributed by atoms with van der Waals surface area (Å²) in [6.45, 7) is 2.56. The average Bonchev–Trinajstić information content (AvgIpc) is 2.39. The molecule has 0 atom stereocenters. The van der Waals surface area contributed by atoms with Crippen LogP contribution in [0.2, 0.25) is 0 Å². The van der Waals surface area contributed by atoms with Crippen LogP contribution in [0.5, 0.6) is 0 Å². The van der Waals surface area contributed by atoms with Gasteiger partial charge in [-0.2, -0.15) is 0 Å². The Morgan fingerprint density at radius 3 is 2.63 bits per heavy atom. The molecular formula is C12H11BrN4O2. The van der Waals surface area contributed by atoms with E-state index in [4.69, 9.17) is 0 Å². The van der Waals surface area contributed by atoms with E-state index in [1.807, 2.05) is 19.1 Å². The summed E-state index contributed by atoms with van der Waals surface area (Å²) in [6.07, 6.45) is 1.22. The Morgan fingerprint density at radius 2 is 2.05 bits per heavy atom. The van der Waals surface area contributed by atoms with Crippen molar-refractivity contribution >= 4 is 27.6 Å². The third kappa shape index (κ3) is 3.05. The lowest BCUT2D eigenvalue weighted by Crippen LogP contribution is -2.04. The Labute approximate surface area is 118 Å². The summed E-state index contributed by atoms with van der Waals surface area (Å²) in [5.41, 5.74) is 0.879. The number of rotatable bonds is 4. The topological polar surface area (TPSA) is 81.0 Å². The molecule has 0 aliphatic carbocycles. The Hall–Kier alpha value is -2.02. The quantitative estimate of drug-likeness (QED) is 0.690. The van der Waals surface area contributed by atoms with Crippen LogP contribution >= 0.6 is 15.9 Å². The number of nitro groups is 1. The van der Waals surface area contributed by atoms with Crippen LogP contribution in [-0.2, 0) is 0 Å². The number of nitrogens with zero attached hydrogens (tertiary/aromatic N) is 3. The van der Waals surface area contributed by atoms with Crippen molar-refractivity contribution in [2.24, 2.45) is 0 Å². The van der Waals surface area contributed by atoms with Gasteiger partial charge >= 0.3 is 5.69 Å². The molecule has 2 aromatic rings. The van der Waals surface area contributed by atoms with Crippen molar-refractivity contribution in [1.29, 1.82) is 0 Å². The molecule has 6 nitrogen and oxygen atoms in total. The molecule has 0 unspecified atom stereocenters. The third-order valence-corrected chi connectivity index (χ3v) is 2.95. The number of aromatic nitrogens is 2. The lowest BCUT2D eigenvalue weighted by Gasteiger charge is -2.05. The van der Waals surface area contributed by atoms with Gasteiger partial charge in [0, 0.05) is 16.6 Å². The zero-order valence-corrected chi connectivity index (χ0v) is 11.7. The first-order valence-electron chi connectivity index (χ1n) is 5.63. The molecule has 0 bridgehead atoms. The van der Waals surface area contributed by atoms with Crippen molar-refractivity contribution in [3.8, 4) is 11.3 Å². The zero-order chi connectivity index (χ0) is 13.8. The van der Waals surface area contributed by atoms with Crippen molar-refractivity contribution in [2.45, 2.75) is 6.92 Å². The van der Waals surface area contributed by atoms with E-state index in [9.17, 15) is 10.1 Å². The second-order valence-corrected chi connectivity index (χ2v) is 4.64. The fraction of sp³-hybridized carbons (Fsp3) is 0.167. The van der Waals surface area contributed by atoms with Gasteiger partial charge in [-0.1, -0.05) is 28.1 Å². The summed E-state index contributed by atoms with van der Waals surface area (Å²) < 4.78 is 0.903. The first-order valence-corrected chi connectivity index (χ1v) is 6.42. The van der Waals surface area contributed by atoms with E-state index < -0.39 is 4.92 Å². The molecule has 1 N–H and O–H groups in total. The highest BCUT2D eigenvalue weighted by Gasteiger charge is 2.18. The summed E-state index contributed by atoms with van der Waals surface area (Å²) in [6, 6.07) is 7.17. The van der Waals surface area contributed by atoms with E-state index in [0.29, 0.717) is 23.8 Å². The van der Waals surface area contributed by atoms with Crippen molar-refractivity contribution in [3.63, 3.8) is 0 Å². The Kier molecular flexibility index (Phi) is 4.06. The van der Waals surface area contributed by atoms with E-state index in [2.05, 4.69) is 31.2 Å². The van der Waals surface area contributed by atoms with E-state index in [1.165, 1.54) is 6.20 Å². The molecular weight excluding hydrogens is 312 g/mol. The molecule has 98 valence electrons. The highest BCUT2D eigenvalue weighted by Crippen LogP contribution is 2.28. The molecule has 19 heavy (non-hydrogen) atoms. The first kappa shape index (κ1) is 13.4. The van der Waals surface area contributed by atoms with Crippen LogP contribution in [0.4, 0.5) is 11.6 Å². The summed E-state index contributed by atoms with van der Waals surface area (Å²) in [7, 11) is 0. The zero-order valence-electron chi connectivity index (χ0n) is 10.1. The van der Waals surface area contributed by atoms with Crippen molar-refractivity contribution < 1.29 is 4.92 Å². The van der Waals surface area contributed by atoms with Crippen LogP contribution in [0.3, 0.4) is 0 Å². The van der Waals surface area contributed by atoms with Crippen LogP contribution < -0.4 is 5.32 Å². The maximum absolute atomic E-state index is 11.0. The molecule has 0 fully saturated rings. The number of halogens is 1. The lowest BCUT2D eigenvalue weighted by molar-refractivity contribution is -0.384. The molecule has 1 heterocycles. The van der Waals surface area contributed by atoms with Gasteiger partial charge in [0.2, 0.25) is 5.95 Å². The minimum atomic E-state index is -0.479. The lowest BCUT2D eigenvalue weighted by atomic mass is 10.1. The van der Waals surface area contributed by atoms with E-state index in [1.54, 1.807) is 12.1 Å². The van der Waals surface area contributed by atoms with Gasteiger partial charge in [0.05, 0.1) is 4.92 Å². The first-order chi connectivity index (χ1) is 9.11. The van der Waals surface area contributed by atoms with Crippen LogP contribution in [0, 0.1) is 10.1 Å². The number of hydrogen-bond acceptors (Lipinski definition) is 5. The SMILES string of the molecule is CCNc1ncc([N+](=O)[O-])c(-c2ccc(Br)cc2)n1. The van der Waals surface area contributed by atoms with Crippen LogP contribution in [0.25, 0.3) is 11.3 Å². The van der Waals surface area contributed by atoms with Crippen molar-refractivity contribution in [1.82, 2.24) is 9.97 Å². The van der Waals surface area contributed by atoms with Crippen LogP contribution in [0.15, 0.2) is 34.9 Å². The minimum Gasteiger partial charge on any atom is -0.354 e. The molecule has 0 aliphatic heterocycles. The maximum Gasteiger partial charge on any atom is 0.313 e. The molecule has 0 amide bonds. The Morgan fingerprint density at radius 1 is 1.37 bits per heavy atom. The summed E-state index contributed by atoms with van der Waals surface area (Å²) in [5, 5.41) is 14.0. The molecule has 1 aromatic carbocycles. The van der Waals surface area contributed by atoms with Gasteiger partial charge in [-0.05, 0) is 19.1 Å². The maximum atomic E-state index is 11.0. The average molecular weight is 323 g/mol. The molecule has 0 saturated carbocycles. The van der Waals surface area contributed by atoms with Gasteiger partial charge in [0.15, 0.2) is 5.69 Å². The molecule has 0 aliphatic rings. The molecule has 0 radical (unpaired) electrons. The highest BCUT2D eigenvalue weighted by atomic mass is 79.9. The molecule has 0 saturated heterocycles. The van der Waals surface area contributed by atoms with Gasteiger partial charge in [-0.15, -0.1) is 0 Å². The predicted octanol–water partition coefficient (Wildman–Crippen LogP) is 3.25. The van der Waals surface area contributed by atoms with E-state index in [0.717, 1.165) is 4.47 Å². The number of nitrogens with one attached hydrogen (secondary N) is 1. The summed E-state index contributed by atoms with van der Waals surface area (Å²) in [4.78, 5) is 18.7. The largest absolute Gasteiger partial charge is 0.354 e. The van der Waals surface area contributed by atoms with Gasteiger partial charge < -0.3 is 5.32 Å². The van der Waals surface area contributed by atoms with Gasteiger partial charge in [0.25, 0.3) is 0 Å². The third-order valence-electron chi connectivity index (χ3n) is 2.42. The van der Waals surface area contributed by atoms with E-state index >= 15 is 0 Å². The van der Waals surface area contributed by atoms with Gasteiger partial charge in [-0.25, -0.2) is 9.97 Å². The molecule has 7 heteroatoms. The fourth-order valence-electron chi connectivity index (χ4n) is 1.57. The number of hydrogen-bond donors (Lipinski definition) is 1. The summed E-state index contributed by atoms with van der Waals surface area (Å²) in [5.74, 6) is 0.381. The number of anilines is 1.